The van der Waals surface area contributed by atoms with Gasteiger partial charge in [-0.15, -0.1) is 0 Å². The number of amides is 3. The number of nitrogens with one attached hydrogen (secondary N) is 2. The lowest BCUT2D eigenvalue weighted by Crippen LogP contribution is -2.51. The zero-order valence-corrected chi connectivity index (χ0v) is 22.0. The van der Waals surface area contributed by atoms with E-state index in [2.05, 4.69) is 21.6 Å². The number of piperidine rings is 1. The smallest absolute Gasteiger partial charge is 0.355 e. The second-order valence-electron chi connectivity index (χ2n) is 9.81. The Morgan fingerprint density at radius 2 is 1.79 bits per heavy atom. The van der Waals surface area contributed by atoms with E-state index in [1.54, 1.807) is 4.90 Å². The van der Waals surface area contributed by atoms with Crippen LogP contribution < -0.4 is 10.6 Å². The summed E-state index contributed by atoms with van der Waals surface area (Å²) in [5, 5.41) is 5.54. The van der Waals surface area contributed by atoms with Gasteiger partial charge in [-0.05, 0) is 61.6 Å². The van der Waals surface area contributed by atoms with Crippen molar-refractivity contribution in [3.63, 3.8) is 0 Å². The maximum absolute atomic E-state index is 13.4. The highest BCUT2D eigenvalue weighted by Gasteiger charge is 2.41. The van der Waals surface area contributed by atoms with Crippen molar-refractivity contribution in [2.24, 2.45) is 0 Å². The molecule has 2 N–H and O–H groups in total. The highest BCUT2D eigenvalue weighted by molar-refractivity contribution is 6.31. The number of carbonyl (C=O) groups excluding carboxylic acids is 3. The Bertz CT molecular complexity index is 1230. The van der Waals surface area contributed by atoms with Gasteiger partial charge in [-0.3, -0.25) is 19.3 Å². The first-order chi connectivity index (χ1) is 18.0. The van der Waals surface area contributed by atoms with Crippen LogP contribution in [-0.2, 0) is 22.3 Å². The molecule has 2 fully saturated rings. The van der Waals surface area contributed by atoms with Crippen LogP contribution in [0.2, 0.25) is 5.02 Å². The van der Waals surface area contributed by atoms with E-state index in [0.29, 0.717) is 12.8 Å². The van der Waals surface area contributed by atoms with Crippen molar-refractivity contribution >= 4 is 35.0 Å². The molecular weight excluding hydrogens is 521 g/mol. The SMILES string of the molecule is CNC(=O)c1cc(NC(=O)[C@H]2CCC(=O)N2C2CCN(Cc3ccc(Cl)c(C)c3)CC2)cc(C(F)(F)F)c1. The van der Waals surface area contributed by atoms with Crippen molar-refractivity contribution < 1.29 is 27.6 Å². The number of rotatable bonds is 6. The fourth-order valence-corrected chi connectivity index (χ4v) is 5.32. The van der Waals surface area contributed by atoms with Gasteiger partial charge in [0.15, 0.2) is 0 Å². The minimum atomic E-state index is -4.70. The zero-order chi connectivity index (χ0) is 27.6. The number of halogens is 4. The molecule has 2 aliphatic heterocycles. The van der Waals surface area contributed by atoms with Gasteiger partial charge >= 0.3 is 6.18 Å². The minimum Gasteiger partial charge on any atom is -0.355 e. The highest BCUT2D eigenvalue weighted by atomic mass is 35.5. The largest absolute Gasteiger partial charge is 0.416 e. The van der Waals surface area contributed by atoms with E-state index < -0.39 is 29.6 Å². The molecule has 7 nitrogen and oxygen atoms in total. The summed E-state index contributed by atoms with van der Waals surface area (Å²) in [4.78, 5) is 41.9. The van der Waals surface area contributed by atoms with Crippen LogP contribution in [-0.4, -0.2) is 59.7 Å². The summed E-state index contributed by atoms with van der Waals surface area (Å²) in [6.07, 6.45) is -2.83. The summed E-state index contributed by atoms with van der Waals surface area (Å²) in [6, 6.07) is 7.75. The van der Waals surface area contributed by atoms with Crippen molar-refractivity contribution in [3.8, 4) is 0 Å². The second-order valence-corrected chi connectivity index (χ2v) is 10.2. The summed E-state index contributed by atoms with van der Waals surface area (Å²) in [5.41, 5.74) is 0.753. The summed E-state index contributed by atoms with van der Waals surface area (Å²) in [7, 11) is 1.31. The third-order valence-electron chi connectivity index (χ3n) is 7.15. The van der Waals surface area contributed by atoms with E-state index in [1.807, 2.05) is 19.1 Å². The molecule has 2 aromatic carbocycles. The van der Waals surface area contributed by atoms with Crippen LogP contribution in [0.5, 0.6) is 0 Å². The summed E-state index contributed by atoms with van der Waals surface area (Å²) >= 11 is 6.12. The van der Waals surface area contributed by atoms with Gasteiger partial charge in [0.25, 0.3) is 5.91 Å². The predicted octanol–water partition coefficient (Wildman–Crippen LogP) is 4.62. The fourth-order valence-electron chi connectivity index (χ4n) is 5.20. The van der Waals surface area contributed by atoms with Gasteiger partial charge in [0.2, 0.25) is 11.8 Å². The number of aryl methyl sites for hydroxylation is 1. The average Bonchev–Trinajstić information content (AvgIpc) is 3.27. The number of alkyl halides is 3. The van der Waals surface area contributed by atoms with Crippen LogP contribution in [0, 0.1) is 6.92 Å². The number of hydrogen-bond acceptors (Lipinski definition) is 4. The lowest BCUT2D eigenvalue weighted by Gasteiger charge is -2.39. The average molecular weight is 551 g/mol. The van der Waals surface area contributed by atoms with E-state index in [1.165, 1.54) is 13.1 Å². The molecule has 3 amide bonds. The molecule has 1 atom stereocenters. The molecule has 0 saturated carbocycles. The summed E-state index contributed by atoms with van der Waals surface area (Å²) < 4.78 is 40.2. The normalized spacial score (nSPS) is 19.1. The predicted molar refractivity (Wildman–Crippen MR) is 138 cm³/mol. The summed E-state index contributed by atoms with van der Waals surface area (Å²) in [6.45, 7) is 4.20. The molecule has 0 bridgehead atoms. The van der Waals surface area contributed by atoms with Crippen molar-refractivity contribution in [3.05, 3.63) is 63.7 Å². The van der Waals surface area contributed by atoms with E-state index in [-0.39, 0.29) is 36.0 Å². The lowest BCUT2D eigenvalue weighted by molar-refractivity contribution is -0.137. The van der Waals surface area contributed by atoms with Gasteiger partial charge in [-0.25, -0.2) is 0 Å². The lowest BCUT2D eigenvalue weighted by atomic mass is 10.0. The van der Waals surface area contributed by atoms with E-state index >= 15 is 0 Å². The Labute approximate surface area is 224 Å². The van der Waals surface area contributed by atoms with Crippen molar-refractivity contribution in [1.29, 1.82) is 0 Å². The number of likely N-dealkylation sites (tertiary alicyclic amines) is 2. The van der Waals surface area contributed by atoms with E-state index in [0.717, 1.165) is 47.9 Å². The minimum absolute atomic E-state index is 0.132. The molecule has 2 heterocycles. The van der Waals surface area contributed by atoms with Crippen LogP contribution in [0.15, 0.2) is 36.4 Å². The molecule has 4 rings (SSSR count). The molecule has 2 saturated heterocycles. The van der Waals surface area contributed by atoms with Crippen LogP contribution >= 0.6 is 11.6 Å². The number of anilines is 1. The molecule has 0 aromatic heterocycles. The maximum Gasteiger partial charge on any atom is 0.416 e. The molecule has 204 valence electrons. The Morgan fingerprint density at radius 3 is 2.42 bits per heavy atom. The molecule has 2 aromatic rings. The van der Waals surface area contributed by atoms with Crippen LogP contribution in [0.25, 0.3) is 0 Å². The second kappa shape index (κ2) is 11.3. The molecule has 2 aliphatic rings. The van der Waals surface area contributed by atoms with Crippen molar-refractivity contribution in [1.82, 2.24) is 15.1 Å². The Kier molecular flexibility index (Phi) is 8.32. The van der Waals surface area contributed by atoms with E-state index in [9.17, 15) is 27.6 Å². The molecule has 0 aliphatic carbocycles. The quantitative estimate of drug-likeness (QED) is 0.550. The van der Waals surface area contributed by atoms with Gasteiger partial charge in [-0.1, -0.05) is 23.7 Å². The Morgan fingerprint density at radius 1 is 1.08 bits per heavy atom. The van der Waals surface area contributed by atoms with Gasteiger partial charge in [0, 0.05) is 55.4 Å². The van der Waals surface area contributed by atoms with Gasteiger partial charge in [0.1, 0.15) is 6.04 Å². The molecular formula is C27H30ClF3N4O3. The van der Waals surface area contributed by atoms with Gasteiger partial charge in [0.05, 0.1) is 5.56 Å². The number of hydrogen-bond donors (Lipinski definition) is 2. The third-order valence-corrected chi connectivity index (χ3v) is 7.58. The first-order valence-corrected chi connectivity index (χ1v) is 12.9. The molecule has 11 heteroatoms. The monoisotopic (exact) mass is 550 g/mol. The molecule has 0 unspecified atom stereocenters. The number of carbonyl (C=O) groups is 3. The van der Waals surface area contributed by atoms with Crippen LogP contribution in [0.3, 0.4) is 0 Å². The number of nitrogens with zero attached hydrogens (tertiary/aromatic N) is 2. The van der Waals surface area contributed by atoms with Crippen LogP contribution in [0.1, 0.15) is 52.7 Å². The zero-order valence-electron chi connectivity index (χ0n) is 21.2. The summed E-state index contributed by atoms with van der Waals surface area (Å²) in [5.74, 6) is -1.39. The van der Waals surface area contributed by atoms with Crippen molar-refractivity contribution in [2.75, 3.05) is 25.5 Å². The molecule has 0 radical (unpaired) electrons. The van der Waals surface area contributed by atoms with Gasteiger partial charge < -0.3 is 15.5 Å². The first kappa shape index (κ1) is 27.9. The topological polar surface area (TPSA) is 81.8 Å². The number of benzene rings is 2. The van der Waals surface area contributed by atoms with Gasteiger partial charge in [-0.2, -0.15) is 13.2 Å². The third kappa shape index (κ3) is 6.30. The van der Waals surface area contributed by atoms with Crippen LogP contribution in [0.4, 0.5) is 18.9 Å². The van der Waals surface area contributed by atoms with E-state index in [4.69, 9.17) is 11.6 Å². The Hall–Kier alpha value is -3.11. The fraction of sp³-hybridized carbons (Fsp3) is 0.444. The highest BCUT2D eigenvalue weighted by Crippen LogP contribution is 2.33. The Balaban J connectivity index is 1.43. The molecule has 0 spiro atoms. The van der Waals surface area contributed by atoms with Crippen molar-refractivity contribution in [2.45, 2.75) is 57.4 Å². The first-order valence-electron chi connectivity index (χ1n) is 12.5. The maximum atomic E-state index is 13.4. The molecule has 38 heavy (non-hydrogen) atoms. The standard InChI is InChI=1S/C27H30ClF3N4O3/c1-16-11-17(3-4-22(16)28)15-34-9-7-21(8-10-34)35-23(5-6-24(35)36)26(38)33-20-13-18(25(37)32-2)12-19(14-20)27(29,30)31/h3-4,11-14,21,23H,5-10,15H2,1-2H3,(H,32,37)(H,33,38)/t23-/m1/s1.